The van der Waals surface area contributed by atoms with Crippen LogP contribution in [0.25, 0.3) is 0 Å². The lowest BCUT2D eigenvalue weighted by Gasteiger charge is -2.01. The molecule has 4 heteroatoms. The number of hydrazone groups is 1. The molecule has 1 aliphatic rings. The van der Waals surface area contributed by atoms with E-state index in [1.807, 2.05) is 37.4 Å². The van der Waals surface area contributed by atoms with Gasteiger partial charge < -0.3 is 4.74 Å². The van der Waals surface area contributed by atoms with Crippen LogP contribution in [0.4, 0.5) is 0 Å². The van der Waals surface area contributed by atoms with Crippen molar-refractivity contribution in [3.63, 3.8) is 0 Å². The van der Waals surface area contributed by atoms with Gasteiger partial charge >= 0.3 is 0 Å². The average molecular weight is 260 g/mol. The van der Waals surface area contributed by atoms with Crippen LogP contribution in [-0.2, 0) is 0 Å². The Bertz CT molecular complexity index is 437. The second-order valence-corrected chi connectivity index (χ2v) is 4.59. The molecule has 0 aliphatic carbocycles. The van der Waals surface area contributed by atoms with Gasteiger partial charge in [0.05, 0.1) is 25.8 Å². The highest BCUT2D eigenvalue weighted by Gasteiger charge is 2.07. The third-order valence-corrected chi connectivity index (χ3v) is 3.05. The number of rotatable bonds is 4. The lowest BCUT2D eigenvalue weighted by molar-refractivity contribution is -0.459. The topological polar surface area (TPSA) is 47.6 Å². The van der Waals surface area contributed by atoms with Gasteiger partial charge in [0.15, 0.2) is 0 Å². The minimum Gasteiger partial charge on any atom is -0.494 e. The fourth-order valence-electron chi connectivity index (χ4n) is 2.03. The molecule has 102 valence electrons. The van der Waals surface area contributed by atoms with E-state index in [1.54, 1.807) is 0 Å². The predicted octanol–water partition coefficient (Wildman–Crippen LogP) is 1.06. The summed E-state index contributed by atoms with van der Waals surface area (Å²) in [6.07, 6.45) is 6.65. The summed E-state index contributed by atoms with van der Waals surface area (Å²) >= 11 is 0. The molecular weight excluding hydrogens is 238 g/mol. The zero-order valence-electron chi connectivity index (χ0n) is 11.5. The summed E-state index contributed by atoms with van der Waals surface area (Å²) in [5.74, 6) is 2.02. The van der Waals surface area contributed by atoms with E-state index in [-0.39, 0.29) is 0 Å². The molecule has 0 bridgehead atoms. The van der Waals surface area contributed by atoms with Gasteiger partial charge in [0, 0.05) is 0 Å². The van der Waals surface area contributed by atoms with E-state index >= 15 is 0 Å². The van der Waals surface area contributed by atoms with Crippen molar-refractivity contribution in [2.24, 2.45) is 5.10 Å². The zero-order valence-corrected chi connectivity index (χ0v) is 11.5. The van der Waals surface area contributed by atoms with Gasteiger partial charge in [0.2, 0.25) is 0 Å². The monoisotopic (exact) mass is 260 g/mol. The van der Waals surface area contributed by atoms with Crippen molar-refractivity contribution >= 4 is 12.1 Å². The SMILES string of the molecule is CCOc1ccc(/C=N/NC2=[NH+]CCCCC2)cc1. The van der Waals surface area contributed by atoms with Crippen molar-refractivity contribution in [3.8, 4) is 5.75 Å². The van der Waals surface area contributed by atoms with Crippen molar-refractivity contribution < 1.29 is 9.73 Å². The quantitative estimate of drug-likeness (QED) is 0.628. The molecule has 1 aromatic carbocycles. The summed E-state index contributed by atoms with van der Waals surface area (Å²) in [7, 11) is 0. The van der Waals surface area contributed by atoms with Gasteiger partial charge in [-0.05, 0) is 56.0 Å². The molecule has 2 rings (SSSR count). The Morgan fingerprint density at radius 1 is 1.26 bits per heavy atom. The van der Waals surface area contributed by atoms with Gasteiger partial charge in [-0.2, -0.15) is 5.43 Å². The zero-order chi connectivity index (χ0) is 13.3. The molecule has 0 amide bonds. The van der Waals surface area contributed by atoms with E-state index in [0.29, 0.717) is 6.61 Å². The van der Waals surface area contributed by atoms with Crippen LogP contribution >= 0.6 is 0 Å². The van der Waals surface area contributed by atoms with Crippen LogP contribution in [0, 0.1) is 0 Å². The summed E-state index contributed by atoms with van der Waals surface area (Å²) in [4.78, 5) is 3.37. The van der Waals surface area contributed by atoms with Gasteiger partial charge in [-0.25, -0.2) is 0 Å². The van der Waals surface area contributed by atoms with E-state index in [2.05, 4.69) is 15.5 Å². The Morgan fingerprint density at radius 2 is 2.11 bits per heavy atom. The Hall–Kier alpha value is -1.84. The van der Waals surface area contributed by atoms with E-state index in [0.717, 1.165) is 30.1 Å². The molecule has 4 nitrogen and oxygen atoms in total. The highest BCUT2D eigenvalue weighted by molar-refractivity contribution is 5.82. The van der Waals surface area contributed by atoms with Gasteiger partial charge in [0.1, 0.15) is 5.75 Å². The first-order valence-electron chi connectivity index (χ1n) is 7.00. The van der Waals surface area contributed by atoms with Gasteiger partial charge in [-0.3, -0.25) is 4.99 Å². The Morgan fingerprint density at radius 3 is 2.89 bits per heavy atom. The third kappa shape index (κ3) is 4.73. The highest BCUT2D eigenvalue weighted by Crippen LogP contribution is 2.10. The molecule has 0 fully saturated rings. The van der Waals surface area contributed by atoms with Crippen LogP contribution in [-0.4, -0.2) is 25.2 Å². The highest BCUT2D eigenvalue weighted by atomic mass is 16.5. The van der Waals surface area contributed by atoms with Crippen LogP contribution < -0.4 is 15.2 Å². The van der Waals surface area contributed by atoms with Crippen LogP contribution in [0.15, 0.2) is 29.4 Å². The van der Waals surface area contributed by atoms with E-state index in [1.165, 1.54) is 19.3 Å². The molecule has 0 saturated heterocycles. The molecule has 19 heavy (non-hydrogen) atoms. The maximum absolute atomic E-state index is 5.40. The number of hydrogen-bond donors (Lipinski definition) is 2. The molecule has 1 aliphatic heterocycles. The Labute approximate surface area is 114 Å². The predicted molar refractivity (Wildman–Crippen MR) is 77.6 cm³/mol. The van der Waals surface area contributed by atoms with E-state index < -0.39 is 0 Å². The molecule has 0 atom stereocenters. The largest absolute Gasteiger partial charge is 0.494 e. The maximum atomic E-state index is 5.40. The number of amidine groups is 1. The first-order valence-corrected chi connectivity index (χ1v) is 7.00. The molecule has 0 saturated carbocycles. The van der Waals surface area contributed by atoms with Crippen molar-refractivity contribution in [1.29, 1.82) is 0 Å². The molecule has 1 heterocycles. The molecule has 1 aromatic rings. The fourth-order valence-corrected chi connectivity index (χ4v) is 2.03. The Kier molecular flexibility index (Phi) is 5.41. The standard InChI is InChI=1S/C15H21N3O/c1-2-19-14-9-7-13(8-10-14)12-17-18-15-6-4-3-5-11-16-15/h7-10,12H,2-6,11H2,1H3,(H,16,18)/p+1/b17-12+. The molecule has 0 aromatic heterocycles. The summed E-state index contributed by atoms with van der Waals surface area (Å²) in [5, 5.41) is 4.27. The second-order valence-electron chi connectivity index (χ2n) is 4.59. The third-order valence-electron chi connectivity index (χ3n) is 3.05. The number of ether oxygens (including phenoxy) is 1. The average Bonchev–Trinajstić information content (AvgIpc) is 2.70. The summed E-state index contributed by atoms with van der Waals surface area (Å²) in [6.45, 7) is 3.72. The van der Waals surface area contributed by atoms with Gasteiger partial charge in [-0.15, -0.1) is 0 Å². The van der Waals surface area contributed by atoms with Crippen molar-refractivity contribution in [2.45, 2.75) is 32.6 Å². The van der Waals surface area contributed by atoms with Crippen molar-refractivity contribution in [3.05, 3.63) is 29.8 Å². The smallest absolute Gasteiger partial charge is 0.267 e. The molecule has 0 radical (unpaired) electrons. The number of nitrogens with zero attached hydrogens (tertiary/aromatic N) is 1. The van der Waals surface area contributed by atoms with Crippen LogP contribution in [0.1, 0.15) is 38.2 Å². The van der Waals surface area contributed by atoms with Crippen molar-refractivity contribution in [2.75, 3.05) is 13.2 Å². The van der Waals surface area contributed by atoms with Crippen LogP contribution in [0.3, 0.4) is 0 Å². The molecule has 2 N–H and O–H groups in total. The van der Waals surface area contributed by atoms with Crippen LogP contribution in [0.5, 0.6) is 5.75 Å². The molecular formula is C15H22N3O+. The second kappa shape index (κ2) is 7.56. The summed E-state index contributed by atoms with van der Waals surface area (Å²) in [5.41, 5.74) is 4.15. The summed E-state index contributed by atoms with van der Waals surface area (Å²) in [6, 6.07) is 7.92. The minimum atomic E-state index is 0.693. The number of hydrogen-bond acceptors (Lipinski definition) is 3. The first-order chi connectivity index (χ1) is 9.38. The number of nitrogens with one attached hydrogen (secondary N) is 2. The maximum Gasteiger partial charge on any atom is 0.267 e. The van der Waals surface area contributed by atoms with Gasteiger partial charge in [-0.1, -0.05) is 5.10 Å². The first kappa shape index (κ1) is 13.6. The Balaban J connectivity index is 1.85. The lowest BCUT2D eigenvalue weighted by Crippen LogP contribution is -2.75. The normalized spacial score (nSPS) is 15.9. The van der Waals surface area contributed by atoms with E-state index in [4.69, 9.17) is 4.74 Å². The van der Waals surface area contributed by atoms with E-state index in [9.17, 15) is 0 Å². The summed E-state index contributed by atoms with van der Waals surface area (Å²) < 4.78 is 5.40. The van der Waals surface area contributed by atoms with Crippen LogP contribution in [0.2, 0.25) is 0 Å². The fraction of sp³-hybridized carbons (Fsp3) is 0.467. The number of benzene rings is 1. The molecule has 0 unspecified atom stereocenters. The van der Waals surface area contributed by atoms with Crippen molar-refractivity contribution in [1.82, 2.24) is 5.43 Å². The van der Waals surface area contributed by atoms with Gasteiger partial charge in [0.25, 0.3) is 5.84 Å². The molecule has 0 spiro atoms. The lowest BCUT2D eigenvalue weighted by atomic mass is 10.2. The minimum absolute atomic E-state index is 0.693.